The van der Waals surface area contributed by atoms with E-state index in [0.29, 0.717) is 6.54 Å². The summed E-state index contributed by atoms with van der Waals surface area (Å²) in [4.78, 5) is 13.1. The first-order chi connectivity index (χ1) is 10.2. The van der Waals surface area contributed by atoms with E-state index >= 15 is 0 Å². The molecule has 1 aromatic carbocycles. The first-order valence-corrected chi connectivity index (χ1v) is 7.71. The molecule has 21 heavy (non-hydrogen) atoms. The van der Waals surface area contributed by atoms with Gasteiger partial charge in [-0.15, -0.1) is 11.3 Å². The average molecular weight is 298 g/mol. The zero-order valence-electron chi connectivity index (χ0n) is 12.2. The van der Waals surface area contributed by atoms with E-state index in [2.05, 4.69) is 17.2 Å². The third kappa shape index (κ3) is 3.72. The number of hydrogen-bond acceptors (Lipinski definition) is 3. The molecule has 0 saturated heterocycles. The number of rotatable bonds is 3. The quantitative estimate of drug-likeness (QED) is 0.855. The fourth-order valence-electron chi connectivity index (χ4n) is 1.98. The van der Waals surface area contributed by atoms with Gasteiger partial charge in [0.15, 0.2) is 0 Å². The van der Waals surface area contributed by atoms with Gasteiger partial charge in [-0.05, 0) is 48.1 Å². The van der Waals surface area contributed by atoms with E-state index in [-0.39, 0.29) is 5.91 Å². The van der Waals surface area contributed by atoms with Gasteiger partial charge in [0.25, 0.3) is 5.91 Å². The lowest BCUT2D eigenvalue weighted by molar-refractivity contribution is 0.103. The standard InChI is InChI=1S/C17H18N2OS/c1-3-13-8-10-21-16(13)17(20)19-15-7-6-12(2)14(11-15)5-4-9-18/h6-8,10-11H,3,9,18H2,1-2H3,(H,19,20). The smallest absolute Gasteiger partial charge is 0.266 e. The van der Waals surface area contributed by atoms with Crippen molar-refractivity contribution in [3.05, 3.63) is 51.2 Å². The molecule has 1 amide bonds. The number of nitrogens with two attached hydrogens (primary N) is 1. The van der Waals surface area contributed by atoms with E-state index in [1.165, 1.54) is 11.3 Å². The Bertz CT molecular complexity index is 707. The van der Waals surface area contributed by atoms with Crippen LogP contribution in [0.3, 0.4) is 0 Å². The molecule has 0 atom stereocenters. The molecule has 1 aromatic heterocycles. The van der Waals surface area contributed by atoms with Crippen LogP contribution in [-0.4, -0.2) is 12.5 Å². The van der Waals surface area contributed by atoms with Gasteiger partial charge in [-0.2, -0.15) is 0 Å². The molecule has 0 bridgehead atoms. The summed E-state index contributed by atoms with van der Waals surface area (Å²) in [6, 6.07) is 7.72. The largest absolute Gasteiger partial charge is 0.321 e. The van der Waals surface area contributed by atoms with Gasteiger partial charge in [-0.3, -0.25) is 4.79 Å². The Hall–Kier alpha value is -2.09. The monoisotopic (exact) mass is 298 g/mol. The molecule has 2 rings (SSSR count). The number of benzene rings is 1. The second-order valence-corrected chi connectivity index (χ2v) is 5.53. The highest BCUT2D eigenvalue weighted by Gasteiger charge is 2.12. The van der Waals surface area contributed by atoms with Crippen molar-refractivity contribution in [1.82, 2.24) is 0 Å². The second kappa shape index (κ2) is 7.07. The van der Waals surface area contributed by atoms with Crippen LogP contribution in [0.4, 0.5) is 5.69 Å². The highest BCUT2D eigenvalue weighted by molar-refractivity contribution is 7.12. The minimum atomic E-state index is -0.0663. The number of anilines is 1. The van der Waals surface area contributed by atoms with Gasteiger partial charge < -0.3 is 11.1 Å². The van der Waals surface area contributed by atoms with Crippen LogP contribution in [0.5, 0.6) is 0 Å². The maximum absolute atomic E-state index is 12.3. The highest BCUT2D eigenvalue weighted by atomic mass is 32.1. The Balaban J connectivity index is 2.22. The van der Waals surface area contributed by atoms with Crippen LogP contribution in [0.25, 0.3) is 0 Å². The highest BCUT2D eigenvalue weighted by Crippen LogP contribution is 2.20. The third-order valence-corrected chi connectivity index (χ3v) is 4.11. The first-order valence-electron chi connectivity index (χ1n) is 6.83. The molecular formula is C17H18N2OS. The van der Waals surface area contributed by atoms with Crippen molar-refractivity contribution in [3.63, 3.8) is 0 Å². The van der Waals surface area contributed by atoms with E-state index in [0.717, 1.165) is 33.7 Å². The maximum Gasteiger partial charge on any atom is 0.266 e. The van der Waals surface area contributed by atoms with Gasteiger partial charge in [-0.25, -0.2) is 0 Å². The van der Waals surface area contributed by atoms with Crippen molar-refractivity contribution in [2.75, 3.05) is 11.9 Å². The third-order valence-electron chi connectivity index (χ3n) is 3.15. The van der Waals surface area contributed by atoms with Crippen molar-refractivity contribution in [2.45, 2.75) is 20.3 Å². The number of hydrogen-bond donors (Lipinski definition) is 2. The van der Waals surface area contributed by atoms with E-state index < -0.39 is 0 Å². The van der Waals surface area contributed by atoms with Crippen molar-refractivity contribution < 1.29 is 4.79 Å². The van der Waals surface area contributed by atoms with Gasteiger partial charge in [-0.1, -0.05) is 24.8 Å². The molecule has 0 radical (unpaired) electrons. The van der Waals surface area contributed by atoms with E-state index in [1.54, 1.807) is 0 Å². The predicted octanol–water partition coefficient (Wildman–Crippen LogP) is 3.18. The molecule has 0 fully saturated rings. The zero-order valence-corrected chi connectivity index (χ0v) is 13.0. The van der Waals surface area contributed by atoms with E-state index in [1.807, 2.05) is 43.5 Å². The molecule has 0 unspecified atom stereocenters. The second-order valence-electron chi connectivity index (χ2n) is 4.62. The maximum atomic E-state index is 12.3. The van der Waals surface area contributed by atoms with Crippen molar-refractivity contribution in [3.8, 4) is 11.8 Å². The summed E-state index contributed by atoms with van der Waals surface area (Å²) in [5, 5.41) is 4.88. The van der Waals surface area contributed by atoms with Crippen LogP contribution < -0.4 is 11.1 Å². The number of carbonyl (C=O) groups is 1. The SMILES string of the molecule is CCc1ccsc1C(=O)Nc1ccc(C)c(C#CCN)c1. The minimum Gasteiger partial charge on any atom is -0.321 e. The van der Waals surface area contributed by atoms with E-state index in [9.17, 15) is 4.79 Å². The Labute approximate surface area is 129 Å². The van der Waals surface area contributed by atoms with Gasteiger partial charge in [0, 0.05) is 11.3 Å². The molecule has 1 heterocycles. The Morgan fingerprint density at radius 2 is 2.19 bits per heavy atom. The summed E-state index contributed by atoms with van der Waals surface area (Å²) in [7, 11) is 0. The molecule has 0 spiro atoms. The lowest BCUT2D eigenvalue weighted by Crippen LogP contribution is -2.12. The number of amides is 1. The van der Waals surface area contributed by atoms with Gasteiger partial charge >= 0.3 is 0 Å². The molecule has 108 valence electrons. The fraction of sp³-hybridized carbons (Fsp3) is 0.235. The minimum absolute atomic E-state index is 0.0663. The molecule has 4 heteroatoms. The molecule has 0 aliphatic carbocycles. The van der Waals surface area contributed by atoms with Crippen molar-refractivity contribution in [1.29, 1.82) is 0 Å². The number of aryl methyl sites for hydroxylation is 2. The predicted molar refractivity (Wildman–Crippen MR) is 88.8 cm³/mol. The van der Waals surface area contributed by atoms with Crippen LogP contribution in [0.1, 0.15) is 33.3 Å². The lowest BCUT2D eigenvalue weighted by Gasteiger charge is -2.07. The summed E-state index contributed by atoms with van der Waals surface area (Å²) in [6.45, 7) is 4.36. The zero-order chi connectivity index (χ0) is 15.2. The average Bonchev–Trinajstić information content (AvgIpc) is 2.96. The van der Waals surface area contributed by atoms with Gasteiger partial charge in [0.1, 0.15) is 0 Å². The summed E-state index contributed by atoms with van der Waals surface area (Å²) in [5.74, 6) is 5.79. The normalized spacial score (nSPS) is 9.86. The van der Waals surface area contributed by atoms with Crippen LogP contribution in [0, 0.1) is 18.8 Å². The van der Waals surface area contributed by atoms with Crippen LogP contribution in [0.2, 0.25) is 0 Å². The Morgan fingerprint density at radius 3 is 2.90 bits per heavy atom. The number of carbonyl (C=O) groups excluding carboxylic acids is 1. The van der Waals surface area contributed by atoms with Crippen molar-refractivity contribution >= 4 is 22.9 Å². The summed E-state index contributed by atoms with van der Waals surface area (Å²) in [5.41, 5.74) is 9.19. The molecule has 0 aliphatic heterocycles. The number of nitrogens with one attached hydrogen (secondary N) is 1. The fourth-order valence-corrected chi connectivity index (χ4v) is 2.87. The Kier molecular flexibility index (Phi) is 5.15. The molecule has 0 aliphatic rings. The summed E-state index contributed by atoms with van der Waals surface area (Å²) in [6.07, 6.45) is 0.855. The van der Waals surface area contributed by atoms with Crippen LogP contribution in [0.15, 0.2) is 29.6 Å². The molecule has 0 saturated carbocycles. The first kappa shape index (κ1) is 15.3. The molecule has 2 aromatic rings. The molecule has 3 nitrogen and oxygen atoms in total. The topological polar surface area (TPSA) is 55.1 Å². The Morgan fingerprint density at radius 1 is 1.38 bits per heavy atom. The number of thiophene rings is 1. The van der Waals surface area contributed by atoms with Gasteiger partial charge in [0.05, 0.1) is 11.4 Å². The van der Waals surface area contributed by atoms with Crippen LogP contribution >= 0.6 is 11.3 Å². The molecule has 3 N–H and O–H groups in total. The summed E-state index contributed by atoms with van der Waals surface area (Å²) < 4.78 is 0. The van der Waals surface area contributed by atoms with Crippen LogP contribution in [-0.2, 0) is 6.42 Å². The van der Waals surface area contributed by atoms with Gasteiger partial charge in [0.2, 0.25) is 0 Å². The van der Waals surface area contributed by atoms with E-state index in [4.69, 9.17) is 5.73 Å². The van der Waals surface area contributed by atoms with Crippen molar-refractivity contribution in [2.24, 2.45) is 5.73 Å². The molecular weight excluding hydrogens is 280 g/mol. The summed E-state index contributed by atoms with van der Waals surface area (Å²) >= 11 is 1.47. The lowest BCUT2D eigenvalue weighted by atomic mass is 10.1.